The van der Waals surface area contributed by atoms with Gasteiger partial charge in [0.05, 0.1) is 11.1 Å². The predicted molar refractivity (Wildman–Crippen MR) is 145 cm³/mol. The van der Waals surface area contributed by atoms with Crippen molar-refractivity contribution in [1.82, 2.24) is 0 Å². The second-order valence-electron chi connectivity index (χ2n) is 9.87. The highest BCUT2D eigenvalue weighted by molar-refractivity contribution is 6.12. The fourth-order valence-electron chi connectivity index (χ4n) is 5.01. The Kier molecular flexibility index (Phi) is 4.70. The minimum atomic E-state index is -0.141. The van der Waals surface area contributed by atoms with Gasteiger partial charge in [-0.3, -0.25) is 0 Å². The highest BCUT2D eigenvalue weighted by Gasteiger charge is 2.27. The van der Waals surface area contributed by atoms with E-state index in [-0.39, 0.29) is 5.54 Å². The minimum Gasteiger partial charge on any atom is -0.456 e. The highest BCUT2D eigenvalue weighted by Crippen LogP contribution is 2.42. The number of hydrogen-bond donors (Lipinski definition) is 0. The number of anilines is 2. The monoisotopic (exact) mass is 441 g/mol. The van der Waals surface area contributed by atoms with Gasteiger partial charge in [0, 0.05) is 16.6 Å². The summed E-state index contributed by atoms with van der Waals surface area (Å²) in [6.07, 6.45) is 0. The van der Waals surface area contributed by atoms with Crippen LogP contribution < -0.4 is 4.90 Å². The number of rotatable bonds is 3. The maximum Gasteiger partial charge on any atom is 0.137 e. The normalized spacial score (nSPS) is 12.0. The SMILES string of the molecule is CC(C)(C)N(c1ccc2ccc(-c3ccccc3)cc2c1)c1cccc2oc3ccccc3c12. The van der Waals surface area contributed by atoms with Crippen LogP contribution >= 0.6 is 0 Å². The Labute approximate surface area is 200 Å². The quantitative estimate of drug-likeness (QED) is 0.272. The first-order chi connectivity index (χ1) is 16.5. The minimum absolute atomic E-state index is 0.141. The van der Waals surface area contributed by atoms with E-state index in [9.17, 15) is 0 Å². The molecule has 0 N–H and O–H groups in total. The number of hydrogen-bond acceptors (Lipinski definition) is 2. The standard InChI is InChI=1S/C32H27NO/c1-32(2,3)33(28-13-9-15-30-31(28)27-12-7-8-14-29(27)34-30)26-19-18-23-16-17-24(20-25(23)21-26)22-10-5-4-6-11-22/h4-21H,1-3H3. The van der Waals surface area contributed by atoms with Crippen LogP contribution in [0.25, 0.3) is 43.8 Å². The summed E-state index contributed by atoms with van der Waals surface area (Å²) in [4.78, 5) is 2.44. The van der Waals surface area contributed by atoms with Crippen molar-refractivity contribution in [2.45, 2.75) is 26.3 Å². The molecule has 0 atom stereocenters. The molecule has 0 unspecified atom stereocenters. The van der Waals surface area contributed by atoms with Gasteiger partial charge in [-0.05, 0) is 79.1 Å². The lowest BCUT2D eigenvalue weighted by Crippen LogP contribution is -2.37. The fourth-order valence-corrected chi connectivity index (χ4v) is 5.01. The molecule has 0 radical (unpaired) electrons. The molecular formula is C32H27NO. The van der Waals surface area contributed by atoms with Gasteiger partial charge < -0.3 is 9.32 Å². The van der Waals surface area contributed by atoms with Gasteiger partial charge in [0.15, 0.2) is 0 Å². The summed E-state index contributed by atoms with van der Waals surface area (Å²) in [5.41, 5.74) is 6.49. The Morgan fingerprint density at radius 3 is 2.15 bits per heavy atom. The second-order valence-corrected chi connectivity index (χ2v) is 9.87. The van der Waals surface area contributed by atoms with Crippen LogP contribution in [0.15, 0.2) is 114 Å². The Hall–Kier alpha value is -4.04. The number of benzene rings is 5. The molecular weight excluding hydrogens is 414 g/mol. The molecule has 6 aromatic rings. The fraction of sp³-hybridized carbons (Fsp3) is 0.125. The Bertz CT molecular complexity index is 1640. The van der Waals surface area contributed by atoms with Gasteiger partial charge >= 0.3 is 0 Å². The van der Waals surface area contributed by atoms with Gasteiger partial charge in [0.25, 0.3) is 0 Å². The van der Waals surface area contributed by atoms with Crippen LogP contribution in [-0.4, -0.2) is 5.54 Å². The predicted octanol–water partition coefficient (Wildman–Crippen LogP) is 9.34. The first-order valence-electron chi connectivity index (χ1n) is 11.8. The van der Waals surface area contributed by atoms with Crippen LogP contribution in [0, 0.1) is 0 Å². The molecule has 1 aromatic heterocycles. The average molecular weight is 442 g/mol. The molecule has 0 spiro atoms. The molecule has 6 rings (SSSR count). The third-order valence-corrected chi connectivity index (χ3v) is 6.48. The van der Waals surface area contributed by atoms with Crippen molar-refractivity contribution in [3.63, 3.8) is 0 Å². The van der Waals surface area contributed by atoms with E-state index < -0.39 is 0 Å². The van der Waals surface area contributed by atoms with Crippen molar-refractivity contribution in [3.8, 4) is 11.1 Å². The van der Waals surface area contributed by atoms with Crippen LogP contribution in [-0.2, 0) is 0 Å². The van der Waals surface area contributed by atoms with Gasteiger partial charge in [0.1, 0.15) is 11.2 Å². The van der Waals surface area contributed by atoms with Crippen molar-refractivity contribution in [2.75, 3.05) is 4.90 Å². The molecule has 34 heavy (non-hydrogen) atoms. The molecule has 1 heterocycles. The molecule has 0 aliphatic carbocycles. The van der Waals surface area contributed by atoms with Crippen molar-refractivity contribution in [2.24, 2.45) is 0 Å². The van der Waals surface area contributed by atoms with Crippen molar-refractivity contribution >= 4 is 44.1 Å². The van der Waals surface area contributed by atoms with E-state index >= 15 is 0 Å². The summed E-state index contributed by atoms with van der Waals surface area (Å²) in [7, 11) is 0. The first kappa shape index (κ1) is 20.6. The zero-order chi connectivity index (χ0) is 23.3. The van der Waals surface area contributed by atoms with Crippen molar-refractivity contribution < 1.29 is 4.42 Å². The van der Waals surface area contributed by atoms with E-state index in [0.717, 1.165) is 27.6 Å². The maximum absolute atomic E-state index is 6.20. The Balaban J connectivity index is 1.57. The molecule has 0 aliphatic rings. The van der Waals surface area contributed by atoms with Crippen LogP contribution in [0.4, 0.5) is 11.4 Å². The molecule has 2 nitrogen and oxygen atoms in total. The highest BCUT2D eigenvalue weighted by atomic mass is 16.3. The van der Waals surface area contributed by atoms with E-state index in [1.165, 1.54) is 27.6 Å². The molecule has 0 fully saturated rings. The molecule has 166 valence electrons. The average Bonchev–Trinajstić information content (AvgIpc) is 3.23. The summed E-state index contributed by atoms with van der Waals surface area (Å²) < 4.78 is 6.20. The smallest absolute Gasteiger partial charge is 0.137 e. The summed E-state index contributed by atoms with van der Waals surface area (Å²) in [6.45, 7) is 6.79. The third kappa shape index (κ3) is 3.43. The van der Waals surface area contributed by atoms with Crippen molar-refractivity contribution in [1.29, 1.82) is 0 Å². The molecule has 0 amide bonds. The first-order valence-corrected chi connectivity index (χ1v) is 11.8. The van der Waals surface area contributed by atoms with E-state index in [1.54, 1.807) is 0 Å². The zero-order valence-electron chi connectivity index (χ0n) is 19.7. The van der Waals surface area contributed by atoms with Crippen LogP contribution in [0.5, 0.6) is 0 Å². The number of fused-ring (bicyclic) bond motifs is 4. The van der Waals surface area contributed by atoms with E-state index in [4.69, 9.17) is 4.42 Å². The van der Waals surface area contributed by atoms with Gasteiger partial charge in [-0.1, -0.05) is 72.8 Å². The molecule has 0 saturated carbocycles. The Morgan fingerprint density at radius 2 is 1.32 bits per heavy atom. The van der Waals surface area contributed by atoms with Gasteiger partial charge in [0.2, 0.25) is 0 Å². The number of para-hydroxylation sites is 1. The third-order valence-electron chi connectivity index (χ3n) is 6.48. The number of furan rings is 1. The molecule has 2 heteroatoms. The second kappa shape index (κ2) is 7.78. The lowest BCUT2D eigenvalue weighted by Gasteiger charge is -2.38. The lowest BCUT2D eigenvalue weighted by molar-refractivity contribution is 0.561. The largest absolute Gasteiger partial charge is 0.456 e. The molecule has 0 aliphatic heterocycles. The maximum atomic E-state index is 6.20. The van der Waals surface area contributed by atoms with E-state index in [1.807, 2.05) is 12.1 Å². The van der Waals surface area contributed by atoms with Crippen LogP contribution in [0.3, 0.4) is 0 Å². The zero-order valence-corrected chi connectivity index (χ0v) is 19.7. The Morgan fingerprint density at radius 1 is 0.588 bits per heavy atom. The van der Waals surface area contributed by atoms with E-state index in [0.29, 0.717) is 0 Å². The molecule has 5 aromatic carbocycles. The summed E-state index contributed by atoms with van der Waals surface area (Å²) in [5, 5.41) is 4.78. The van der Waals surface area contributed by atoms with Crippen molar-refractivity contribution in [3.05, 3.63) is 109 Å². The van der Waals surface area contributed by atoms with Crippen LogP contribution in [0.2, 0.25) is 0 Å². The molecule has 0 bridgehead atoms. The number of nitrogens with zero attached hydrogens (tertiary/aromatic N) is 1. The summed E-state index contributed by atoms with van der Waals surface area (Å²) in [6, 6.07) is 38.7. The van der Waals surface area contributed by atoms with Gasteiger partial charge in [-0.15, -0.1) is 0 Å². The lowest BCUT2D eigenvalue weighted by atomic mass is 9.98. The van der Waals surface area contributed by atoms with Gasteiger partial charge in [-0.25, -0.2) is 0 Å². The summed E-state index contributed by atoms with van der Waals surface area (Å²) >= 11 is 0. The molecule has 0 saturated heterocycles. The topological polar surface area (TPSA) is 16.4 Å². The van der Waals surface area contributed by atoms with Gasteiger partial charge in [-0.2, -0.15) is 0 Å². The summed E-state index contributed by atoms with van der Waals surface area (Å²) in [5.74, 6) is 0. The van der Waals surface area contributed by atoms with E-state index in [2.05, 4.69) is 123 Å². The van der Waals surface area contributed by atoms with Crippen LogP contribution in [0.1, 0.15) is 20.8 Å².